The smallest absolute Gasteiger partial charge is 0.319 e. The second kappa shape index (κ2) is 6.18. The zero-order valence-corrected chi connectivity index (χ0v) is 11.0. The number of benzene rings is 1. The first kappa shape index (κ1) is 14.0. The van der Waals surface area contributed by atoms with E-state index in [0.717, 1.165) is 11.8 Å². The van der Waals surface area contributed by atoms with Gasteiger partial charge in [0.2, 0.25) is 0 Å². The van der Waals surface area contributed by atoms with Crippen LogP contribution >= 0.6 is 0 Å². The van der Waals surface area contributed by atoms with Crippen molar-refractivity contribution in [3.05, 3.63) is 47.7 Å². The summed E-state index contributed by atoms with van der Waals surface area (Å²) in [4.78, 5) is 11.4. The van der Waals surface area contributed by atoms with Gasteiger partial charge in [-0.05, 0) is 31.5 Å². The number of halogens is 2. The molecule has 0 aliphatic carbocycles. The van der Waals surface area contributed by atoms with E-state index in [1.807, 2.05) is 0 Å². The third kappa shape index (κ3) is 3.34. The Morgan fingerprint density at radius 2 is 1.95 bits per heavy atom. The molecule has 1 atom stereocenters. The molecule has 0 aliphatic heterocycles. The van der Waals surface area contributed by atoms with Crippen molar-refractivity contribution in [2.75, 3.05) is 0 Å². The molecular formula is C14H13F2N3O. The molecular weight excluding hydrogens is 264 g/mol. The first-order valence-electron chi connectivity index (χ1n) is 6.03. The number of rotatable bonds is 4. The summed E-state index contributed by atoms with van der Waals surface area (Å²) < 4.78 is 31.7. The minimum Gasteiger partial charge on any atom is -0.456 e. The first-order chi connectivity index (χ1) is 9.60. The van der Waals surface area contributed by atoms with E-state index in [1.165, 1.54) is 18.3 Å². The Bertz CT molecular complexity index is 614. The van der Waals surface area contributed by atoms with Crippen LogP contribution < -0.4 is 4.74 Å². The summed E-state index contributed by atoms with van der Waals surface area (Å²) in [5.74, 6) is -1.02. The second-order valence-corrected chi connectivity index (χ2v) is 4.02. The second-order valence-electron chi connectivity index (χ2n) is 4.02. The maximum absolute atomic E-state index is 13.3. The summed E-state index contributed by atoms with van der Waals surface area (Å²) in [7, 11) is 0. The molecule has 2 rings (SSSR count). The molecule has 0 aliphatic rings. The summed E-state index contributed by atoms with van der Waals surface area (Å²) in [5.41, 5.74) is 0.764. The number of ether oxygens (including phenoxy) is 1. The van der Waals surface area contributed by atoms with Crippen molar-refractivity contribution in [2.45, 2.75) is 20.0 Å². The Balaban J connectivity index is 2.17. The highest BCUT2D eigenvalue weighted by molar-refractivity contribution is 5.58. The van der Waals surface area contributed by atoms with Crippen molar-refractivity contribution in [2.24, 2.45) is 4.99 Å². The summed E-state index contributed by atoms with van der Waals surface area (Å²) >= 11 is 0. The van der Waals surface area contributed by atoms with Gasteiger partial charge in [-0.15, -0.1) is 0 Å². The fourth-order valence-electron chi connectivity index (χ4n) is 1.57. The van der Waals surface area contributed by atoms with Crippen LogP contribution in [-0.4, -0.2) is 16.2 Å². The lowest BCUT2D eigenvalue weighted by Gasteiger charge is -2.13. The predicted octanol–water partition coefficient (Wildman–Crippen LogP) is 3.62. The first-order valence-corrected chi connectivity index (χ1v) is 6.03. The lowest BCUT2D eigenvalue weighted by molar-refractivity contribution is 0.206. The van der Waals surface area contributed by atoms with E-state index in [0.29, 0.717) is 0 Å². The van der Waals surface area contributed by atoms with Crippen LogP contribution in [0, 0.1) is 11.6 Å². The molecule has 0 amide bonds. The minimum absolute atomic E-state index is 0.0174. The number of hydrogen-bond acceptors (Lipinski definition) is 4. The molecule has 6 heteroatoms. The Hall–Kier alpha value is -2.37. The lowest BCUT2D eigenvalue weighted by Crippen LogP contribution is -2.06. The van der Waals surface area contributed by atoms with Crippen LogP contribution in [0.15, 0.2) is 35.5 Å². The maximum Gasteiger partial charge on any atom is 0.319 e. The van der Waals surface area contributed by atoms with Gasteiger partial charge in [-0.25, -0.2) is 18.8 Å². The molecule has 104 valence electrons. The van der Waals surface area contributed by atoms with Gasteiger partial charge in [0, 0.05) is 6.21 Å². The van der Waals surface area contributed by atoms with Gasteiger partial charge in [-0.3, -0.25) is 0 Å². The third-order valence-corrected chi connectivity index (χ3v) is 2.58. The number of aliphatic imine (C=N–C) groups is 1. The number of aromatic nitrogens is 2. The van der Waals surface area contributed by atoms with Gasteiger partial charge in [0.25, 0.3) is 0 Å². The summed E-state index contributed by atoms with van der Waals surface area (Å²) in [6, 6.07) is 5.91. The van der Waals surface area contributed by atoms with E-state index in [4.69, 9.17) is 4.74 Å². The van der Waals surface area contributed by atoms with Crippen molar-refractivity contribution < 1.29 is 13.5 Å². The van der Waals surface area contributed by atoms with Crippen LogP contribution in [-0.2, 0) is 0 Å². The number of hydrogen-bond donors (Lipinski definition) is 0. The monoisotopic (exact) mass is 277 g/mol. The van der Waals surface area contributed by atoms with Gasteiger partial charge < -0.3 is 4.74 Å². The van der Waals surface area contributed by atoms with Crippen molar-refractivity contribution in [1.29, 1.82) is 0 Å². The van der Waals surface area contributed by atoms with Gasteiger partial charge in [0.1, 0.15) is 11.9 Å². The van der Waals surface area contributed by atoms with Gasteiger partial charge in [-0.2, -0.15) is 4.98 Å². The van der Waals surface area contributed by atoms with E-state index in [9.17, 15) is 8.78 Å². The van der Waals surface area contributed by atoms with Crippen molar-refractivity contribution in [3.63, 3.8) is 0 Å². The van der Waals surface area contributed by atoms with E-state index in [-0.39, 0.29) is 23.7 Å². The van der Waals surface area contributed by atoms with E-state index < -0.39 is 5.82 Å². The maximum atomic E-state index is 13.3. The standard InChI is InChI=1S/C14H13F2N3O/c1-3-17-13-12(16)8-18-14(19-13)20-9(2)10-4-6-11(15)7-5-10/h3-9H,1-2H3. The highest BCUT2D eigenvalue weighted by Gasteiger charge is 2.11. The highest BCUT2D eigenvalue weighted by Crippen LogP contribution is 2.22. The van der Waals surface area contributed by atoms with Crippen LogP contribution in [0.25, 0.3) is 0 Å². The van der Waals surface area contributed by atoms with E-state index in [2.05, 4.69) is 15.0 Å². The molecule has 0 bridgehead atoms. The van der Waals surface area contributed by atoms with E-state index in [1.54, 1.807) is 26.0 Å². The quantitative estimate of drug-likeness (QED) is 0.802. The van der Waals surface area contributed by atoms with Crippen LogP contribution in [0.2, 0.25) is 0 Å². The number of nitrogens with zero attached hydrogens (tertiary/aromatic N) is 3. The molecule has 0 spiro atoms. The van der Waals surface area contributed by atoms with Crippen LogP contribution in [0.5, 0.6) is 6.01 Å². The van der Waals surface area contributed by atoms with Crippen molar-refractivity contribution in [3.8, 4) is 6.01 Å². The highest BCUT2D eigenvalue weighted by atomic mass is 19.1. The molecule has 0 radical (unpaired) electrons. The zero-order valence-electron chi connectivity index (χ0n) is 11.0. The molecule has 0 saturated heterocycles. The fraction of sp³-hybridized carbons (Fsp3) is 0.214. The summed E-state index contributed by atoms with van der Waals surface area (Å²) in [6.07, 6.45) is 2.04. The Kier molecular flexibility index (Phi) is 4.34. The summed E-state index contributed by atoms with van der Waals surface area (Å²) in [5, 5.41) is 0. The average Bonchev–Trinajstić information content (AvgIpc) is 2.43. The molecule has 0 fully saturated rings. The van der Waals surface area contributed by atoms with E-state index >= 15 is 0 Å². The molecule has 20 heavy (non-hydrogen) atoms. The van der Waals surface area contributed by atoms with Gasteiger partial charge in [0.15, 0.2) is 11.6 Å². The summed E-state index contributed by atoms with van der Waals surface area (Å²) in [6.45, 7) is 3.42. The lowest BCUT2D eigenvalue weighted by atomic mass is 10.1. The Morgan fingerprint density at radius 3 is 2.60 bits per heavy atom. The topological polar surface area (TPSA) is 47.4 Å². The molecule has 2 aromatic rings. The SMILES string of the molecule is CC=Nc1nc(OC(C)c2ccc(F)cc2)ncc1F. The fourth-order valence-corrected chi connectivity index (χ4v) is 1.57. The van der Waals surface area contributed by atoms with Gasteiger partial charge in [-0.1, -0.05) is 12.1 Å². The van der Waals surface area contributed by atoms with Gasteiger partial charge in [0.05, 0.1) is 6.20 Å². The predicted molar refractivity (Wildman–Crippen MR) is 71.3 cm³/mol. The third-order valence-electron chi connectivity index (χ3n) is 2.58. The molecule has 0 N–H and O–H groups in total. The van der Waals surface area contributed by atoms with Crippen LogP contribution in [0.1, 0.15) is 25.5 Å². The Labute approximate surface area is 115 Å². The van der Waals surface area contributed by atoms with Crippen LogP contribution in [0.3, 0.4) is 0 Å². The molecule has 4 nitrogen and oxygen atoms in total. The molecule has 1 unspecified atom stereocenters. The van der Waals surface area contributed by atoms with Crippen molar-refractivity contribution >= 4 is 12.0 Å². The van der Waals surface area contributed by atoms with Crippen LogP contribution in [0.4, 0.5) is 14.6 Å². The molecule has 1 heterocycles. The molecule has 0 saturated carbocycles. The Morgan fingerprint density at radius 1 is 1.25 bits per heavy atom. The van der Waals surface area contributed by atoms with Crippen molar-refractivity contribution in [1.82, 2.24) is 9.97 Å². The molecule has 1 aromatic carbocycles. The minimum atomic E-state index is -0.620. The van der Waals surface area contributed by atoms with Gasteiger partial charge >= 0.3 is 6.01 Å². The zero-order chi connectivity index (χ0) is 14.5. The normalized spacial score (nSPS) is 12.6. The largest absolute Gasteiger partial charge is 0.456 e. The average molecular weight is 277 g/mol. The molecule has 1 aromatic heterocycles.